The molecule has 24 heavy (non-hydrogen) atoms. The van der Waals surface area contributed by atoms with E-state index < -0.39 is 5.95 Å². The first-order valence-corrected chi connectivity index (χ1v) is 7.54. The van der Waals surface area contributed by atoms with Crippen molar-refractivity contribution in [2.45, 2.75) is 13.0 Å². The topological polar surface area (TPSA) is 69.0 Å². The van der Waals surface area contributed by atoms with Gasteiger partial charge >= 0.3 is 0 Å². The van der Waals surface area contributed by atoms with Gasteiger partial charge in [0.2, 0.25) is 5.95 Å². The first-order valence-electron chi connectivity index (χ1n) is 7.54. The van der Waals surface area contributed by atoms with Gasteiger partial charge in [-0.25, -0.2) is 19.6 Å². The lowest BCUT2D eigenvalue weighted by Gasteiger charge is -2.29. The molecule has 0 aliphatic carbocycles. The van der Waals surface area contributed by atoms with Crippen LogP contribution in [0.5, 0.6) is 5.75 Å². The summed E-state index contributed by atoms with van der Waals surface area (Å²) in [6.45, 7) is 1.27. The van der Waals surface area contributed by atoms with Crippen molar-refractivity contribution < 1.29 is 9.13 Å². The Morgan fingerprint density at radius 2 is 2.17 bits per heavy atom. The molecule has 0 saturated carbocycles. The number of aromatic nitrogens is 5. The minimum absolute atomic E-state index is 0.452. The SMILES string of the molecule is COc1cc(F)nc(N2CCc3nc(-n4cccn4)ncc3C2)c1. The summed E-state index contributed by atoms with van der Waals surface area (Å²) in [5, 5.41) is 4.14. The van der Waals surface area contributed by atoms with Crippen molar-refractivity contribution in [3.63, 3.8) is 0 Å². The van der Waals surface area contributed by atoms with Gasteiger partial charge in [-0.05, 0) is 6.07 Å². The first-order chi connectivity index (χ1) is 11.7. The van der Waals surface area contributed by atoms with E-state index in [9.17, 15) is 4.39 Å². The van der Waals surface area contributed by atoms with Crippen molar-refractivity contribution in [1.29, 1.82) is 0 Å². The molecule has 0 aromatic carbocycles. The highest BCUT2D eigenvalue weighted by molar-refractivity contribution is 5.46. The number of rotatable bonds is 3. The summed E-state index contributed by atoms with van der Waals surface area (Å²) in [5.74, 6) is 1.00. The van der Waals surface area contributed by atoms with Gasteiger partial charge in [-0.1, -0.05) is 0 Å². The lowest BCUT2D eigenvalue weighted by Crippen LogP contribution is -2.32. The molecule has 0 unspecified atom stereocenters. The van der Waals surface area contributed by atoms with Crippen LogP contribution in [0.15, 0.2) is 36.8 Å². The normalized spacial score (nSPS) is 13.7. The lowest BCUT2D eigenvalue weighted by atomic mass is 10.1. The molecule has 0 amide bonds. The van der Waals surface area contributed by atoms with Gasteiger partial charge in [-0.15, -0.1) is 0 Å². The van der Waals surface area contributed by atoms with Crippen LogP contribution in [0.25, 0.3) is 5.95 Å². The van der Waals surface area contributed by atoms with Gasteiger partial charge in [0.1, 0.15) is 11.6 Å². The second-order valence-corrected chi connectivity index (χ2v) is 5.45. The van der Waals surface area contributed by atoms with Crippen molar-refractivity contribution in [2.24, 2.45) is 0 Å². The number of hydrogen-bond acceptors (Lipinski definition) is 6. The summed E-state index contributed by atoms with van der Waals surface area (Å²) in [6, 6.07) is 4.82. The monoisotopic (exact) mass is 326 g/mol. The predicted octanol–water partition coefficient (Wildman–Crippen LogP) is 1.77. The highest BCUT2D eigenvalue weighted by Crippen LogP contribution is 2.25. The largest absolute Gasteiger partial charge is 0.496 e. The second-order valence-electron chi connectivity index (χ2n) is 5.45. The Morgan fingerprint density at radius 3 is 2.96 bits per heavy atom. The zero-order valence-electron chi connectivity index (χ0n) is 13.1. The fourth-order valence-corrected chi connectivity index (χ4v) is 2.74. The molecular weight excluding hydrogens is 311 g/mol. The fraction of sp³-hybridized carbons (Fsp3) is 0.250. The van der Waals surface area contributed by atoms with Gasteiger partial charge in [-0.2, -0.15) is 9.49 Å². The third kappa shape index (κ3) is 2.66. The maximum atomic E-state index is 13.6. The minimum atomic E-state index is -0.555. The fourth-order valence-electron chi connectivity index (χ4n) is 2.74. The second kappa shape index (κ2) is 5.88. The zero-order chi connectivity index (χ0) is 16.5. The molecule has 0 radical (unpaired) electrons. The molecule has 3 aromatic heterocycles. The van der Waals surface area contributed by atoms with Crippen LogP contribution in [0.3, 0.4) is 0 Å². The van der Waals surface area contributed by atoms with Gasteiger partial charge in [0, 0.05) is 55.8 Å². The third-order valence-corrected chi connectivity index (χ3v) is 3.94. The number of pyridine rings is 1. The van der Waals surface area contributed by atoms with E-state index in [-0.39, 0.29) is 0 Å². The molecule has 0 fully saturated rings. The third-order valence-electron chi connectivity index (χ3n) is 3.94. The molecule has 0 spiro atoms. The smallest absolute Gasteiger partial charge is 0.250 e. The molecule has 0 saturated heterocycles. The molecule has 1 aliphatic rings. The van der Waals surface area contributed by atoms with E-state index in [1.807, 2.05) is 11.0 Å². The van der Waals surface area contributed by atoms with Crippen molar-refractivity contribution >= 4 is 5.82 Å². The number of hydrogen-bond donors (Lipinski definition) is 0. The first kappa shape index (κ1) is 14.6. The van der Waals surface area contributed by atoms with Gasteiger partial charge in [0.05, 0.1) is 12.8 Å². The number of anilines is 1. The molecule has 8 heteroatoms. The van der Waals surface area contributed by atoms with E-state index in [1.165, 1.54) is 13.2 Å². The minimum Gasteiger partial charge on any atom is -0.496 e. The lowest BCUT2D eigenvalue weighted by molar-refractivity contribution is 0.408. The Bertz CT molecular complexity index is 867. The van der Waals surface area contributed by atoms with E-state index in [0.717, 1.165) is 17.7 Å². The van der Waals surface area contributed by atoms with Crippen LogP contribution >= 0.6 is 0 Å². The molecule has 7 nitrogen and oxygen atoms in total. The Morgan fingerprint density at radius 1 is 1.25 bits per heavy atom. The van der Waals surface area contributed by atoms with Crippen molar-refractivity contribution in [1.82, 2.24) is 24.7 Å². The highest BCUT2D eigenvalue weighted by Gasteiger charge is 2.21. The van der Waals surface area contributed by atoms with Crippen LogP contribution in [-0.2, 0) is 13.0 Å². The summed E-state index contributed by atoms with van der Waals surface area (Å²) in [7, 11) is 1.51. The van der Waals surface area contributed by atoms with E-state index in [2.05, 4.69) is 20.1 Å². The van der Waals surface area contributed by atoms with Gasteiger partial charge in [0.15, 0.2) is 0 Å². The van der Waals surface area contributed by atoms with Crippen LogP contribution in [0.2, 0.25) is 0 Å². The summed E-state index contributed by atoms with van der Waals surface area (Å²) < 4.78 is 20.4. The highest BCUT2D eigenvalue weighted by atomic mass is 19.1. The molecule has 122 valence electrons. The van der Waals surface area contributed by atoms with Crippen LogP contribution in [-0.4, -0.2) is 38.4 Å². The van der Waals surface area contributed by atoms with Crippen LogP contribution < -0.4 is 9.64 Å². The number of ether oxygens (including phenoxy) is 1. The summed E-state index contributed by atoms with van der Waals surface area (Å²) in [6.07, 6.45) is 6.02. The predicted molar refractivity (Wildman–Crippen MR) is 84.7 cm³/mol. The van der Waals surface area contributed by atoms with Crippen LogP contribution in [0.1, 0.15) is 11.3 Å². The van der Waals surface area contributed by atoms with E-state index in [0.29, 0.717) is 30.6 Å². The average molecular weight is 326 g/mol. The molecule has 0 atom stereocenters. The van der Waals surface area contributed by atoms with E-state index in [4.69, 9.17) is 4.74 Å². The molecular formula is C16H15FN6O. The Hall–Kier alpha value is -3.03. The molecule has 0 N–H and O–H groups in total. The quantitative estimate of drug-likeness (QED) is 0.683. The number of nitrogens with zero attached hydrogens (tertiary/aromatic N) is 6. The number of fused-ring (bicyclic) bond motifs is 1. The van der Waals surface area contributed by atoms with Crippen LogP contribution in [0.4, 0.5) is 10.2 Å². The summed E-state index contributed by atoms with van der Waals surface area (Å²) >= 11 is 0. The maximum absolute atomic E-state index is 13.6. The van der Waals surface area contributed by atoms with Gasteiger partial charge < -0.3 is 9.64 Å². The Labute approximate surface area is 137 Å². The average Bonchev–Trinajstić information content (AvgIpc) is 3.15. The molecule has 0 bridgehead atoms. The Balaban J connectivity index is 1.61. The summed E-state index contributed by atoms with van der Waals surface area (Å²) in [5.41, 5.74) is 1.98. The molecule has 1 aliphatic heterocycles. The van der Waals surface area contributed by atoms with Crippen molar-refractivity contribution in [3.8, 4) is 11.7 Å². The Kier molecular flexibility index (Phi) is 3.56. The van der Waals surface area contributed by atoms with E-state index >= 15 is 0 Å². The van der Waals surface area contributed by atoms with Crippen molar-refractivity contribution in [2.75, 3.05) is 18.6 Å². The number of methoxy groups -OCH3 is 1. The van der Waals surface area contributed by atoms with Crippen LogP contribution in [0, 0.1) is 5.95 Å². The molecule has 4 heterocycles. The van der Waals surface area contributed by atoms with E-state index in [1.54, 1.807) is 29.3 Å². The molecule has 3 aromatic rings. The zero-order valence-corrected chi connectivity index (χ0v) is 13.1. The molecule has 4 rings (SSSR count). The van der Waals surface area contributed by atoms with Crippen molar-refractivity contribution in [3.05, 3.63) is 54.0 Å². The summed E-state index contributed by atoms with van der Waals surface area (Å²) in [4.78, 5) is 14.9. The number of halogens is 1. The van der Waals surface area contributed by atoms with Gasteiger partial charge in [-0.3, -0.25) is 0 Å². The standard InChI is InChI=1S/C16H15FN6O/c1-24-12-7-14(17)21-15(8-12)22-6-3-13-11(10-22)9-18-16(20-13)23-5-2-4-19-23/h2,4-5,7-9H,3,6,10H2,1H3. The maximum Gasteiger partial charge on any atom is 0.250 e. The van der Waals surface area contributed by atoms with Gasteiger partial charge in [0.25, 0.3) is 5.95 Å².